The number of rotatable bonds is 1. The van der Waals surface area contributed by atoms with Gasteiger partial charge in [0.15, 0.2) is 0 Å². The summed E-state index contributed by atoms with van der Waals surface area (Å²) in [6.45, 7) is 0.747. The quantitative estimate of drug-likeness (QED) is 0.564. The monoisotopic (exact) mass is 203 g/mol. The second-order valence-electron chi connectivity index (χ2n) is 2.72. The molecule has 1 unspecified atom stereocenters. The van der Waals surface area contributed by atoms with E-state index in [-0.39, 0.29) is 6.10 Å². The minimum absolute atomic E-state index is 0.167. The normalized spacial score (nSPS) is 21.0. The zero-order valence-corrected chi connectivity index (χ0v) is 7.69. The molecule has 1 aromatic rings. The van der Waals surface area contributed by atoms with Crippen LogP contribution in [-0.4, -0.2) is 6.61 Å². The highest BCUT2D eigenvalue weighted by Crippen LogP contribution is 2.36. The highest BCUT2D eigenvalue weighted by atomic mass is 35.5. The molecule has 1 atom stereocenters. The first-order valence-corrected chi connectivity index (χ1v) is 4.30. The van der Waals surface area contributed by atoms with Gasteiger partial charge in [-0.1, -0.05) is 23.2 Å². The molecule has 12 heavy (non-hydrogen) atoms. The largest absolute Gasteiger partial charge is 0.396 e. The summed E-state index contributed by atoms with van der Waals surface area (Å²) in [6.07, 6.45) is 0.167. The lowest BCUT2D eigenvalue weighted by atomic mass is 10.1. The fourth-order valence-corrected chi connectivity index (χ4v) is 1.53. The van der Waals surface area contributed by atoms with Crippen LogP contribution in [0.2, 0.25) is 10.0 Å². The van der Waals surface area contributed by atoms with E-state index < -0.39 is 0 Å². The zero-order valence-electron chi connectivity index (χ0n) is 6.18. The number of hydrogen-bond acceptors (Lipinski definition) is 2. The van der Waals surface area contributed by atoms with E-state index in [0.29, 0.717) is 15.7 Å². The zero-order chi connectivity index (χ0) is 8.72. The molecule has 0 spiro atoms. The fourth-order valence-electron chi connectivity index (χ4n) is 1.03. The van der Waals surface area contributed by atoms with Gasteiger partial charge < -0.3 is 10.5 Å². The SMILES string of the molecule is Nc1c(Cl)cc(C2CO2)cc1Cl. The van der Waals surface area contributed by atoms with Crippen LogP contribution in [0, 0.1) is 0 Å². The molecule has 0 amide bonds. The maximum Gasteiger partial charge on any atom is 0.106 e. The minimum atomic E-state index is 0.167. The molecule has 4 heteroatoms. The predicted octanol–water partition coefficient (Wildman–Crippen LogP) is 2.65. The number of ether oxygens (including phenoxy) is 1. The standard InChI is InChI=1S/C8H7Cl2NO/c9-5-1-4(7-3-12-7)2-6(10)8(5)11/h1-2,7H,3,11H2. The molecular weight excluding hydrogens is 197 g/mol. The molecule has 2 rings (SSSR count). The number of nitrogen functional groups attached to an aromatic ring is 1. The van der Waals surface area contributed by atoms with Crippen molar-refractivity contribution in [3.63, 3.8) is 0 Å². The summed E-state index contributed by atoms with van der Waals surface area (Å²) in [5.41, 5.74) is 7.00. The summed E-state index contributed by atoms with van der Waals surface area (Å²) in [4.78, 5) is 0. The Hall–Kier alpha value is -0.440. The minimum Gasteiger partial charge on any atom is -0.396 e. The molecule has 64 valence electrons. The Morgan fingerprint density at radius 1 is 1.33 bits per heavy atom. The lowest BCUT2D eigenvalue weighted by molar-refractivity contribution is 0.415. The topological polar surface area (TPSA) is 38.5 Å². The summed E-state index contributed by atoms with van der Waals surface area (Å²) in [6, 6.07) is 3.58. The first-order chi connectivity index (χ1) is 5.68. The van der Waals surface area contributed by atoms with Gasteiger partial charge in [-0.05, 0) is 17.7 Å². The van der Waals surface area contributed by atoms with Gasteiger partial charge in [0, 0.05) is 0 Å². The van der Waals surface area contributed by atoms with Crippen molar-refractivity contribution in [1.82, 2.24) is 0 Å². The summed E-state index contributed by atoms with van der Waals surface area (Å²) in [5.74, 6) is 0. The van der Waals surface area contributed by atoms with Gasteiger partial charge in [0.1, 0.15) is 6.10 Å². The van der Waals surface area contributed by atoms with Crippen molar-refractivity contribution in [2.45, 2.75) is 6.10 Å². The molecular formula is C8H7Cl2NO. The molecule has 1 saturated heterocycles. The third-order valence-electron chi connectivity index (χ3n) is 1.81. The van der Waals surface area contributed by atoms with Crippen LogP contribution in [0.1, 0.15) is 11.7 Å². The smallest absolute Gasteiger partial charge is 0.106 e. The van der Waals surface area contributed by atoms with E-state index in [9.17, 15) is 0 Å². The first-order valence-electron chi connectivity index (χ1n) is 3.54. The number of anilines is 1. The summed E-state index contributed by atoms with van der Waals surface area (Å²) in [5, 5.41) is 0.987. The Morgan fingerprint density at radius 3 is 2.25 bits per heavy atom. The van der Waals surface area contributed by atoms with E-state index in [2.05, 4.69) is 0 Å². The number of epoxide rings is 1. The van der Waals surface area contributed by atoms with Gasteiger partial charge in [0.05, 0.1) is 22.3 Å². The van der Waals surface area contributed by atoms with Crippen LogP contribution < -0.4 is 5.73 Å². The molecule has 1 fully saturated rings. The molecule has 1 aromatic carbocycles. The van der Waals surface area contributed by atoms with Gasteiger partial charge in [0.25, 0.3) is 0 Å². The number of nitrogens with two attached hydrogens (primary N) is 1. The molecule has 1 heterocycles. The van der Waals surface area contributed by atoms with Gasteiger partial charge >= 0.3 is 0 Å². The highest BCUT2D eigenvalue weighted by molar-refractivity contribution is 6.38. The van der Waals surface area contributed by atoms with Gasteiger partial charge in [-0.2, -0.15) is 0 Å². The van der Waals surface area contributed by atoms with Crippen LogP contribution in [-0.2, 0) is 4.74 Å². The van der Waals surface area contributed by atoms with Crippen LogP contribution >= 0.6 is 23.2 Å². The lowest BCUT2D eigenvalue weighted by Crippen LogP contribution is -1.90. The summed E-state index contributed by atoms with van der Waals surface area (Å²) >= 11 is 11.7. The van der Waals surface area contributed by atoms with E-state index in [1.165, 1.54) is 0 Å². The van der Waals surface area contributed by atoms with Crippen molar-refractivity contribution in [3.8, 4) is 0 Å². The maximum absolute atomic E-state index is 5.83. The molecule has 0 aliphatic carbocycles. The molecule has 0 radical (unpaired) electrons. The third kappa shape index (κ3) is 1.38. The average Bonchev–Trinajstić information content (AvgIpc) is 2.81. The molecule has 1 aliphatic rings. The van der Waals surface area contributed by atoms with E-state index in [1.54, 1.807) is 12.1 Å². The molecule has 1 aliphatic heterocycles. The Bertz CT molecular complexity index is 300. The lowest BCUT2D eigenvalue weighted by Gasteiger charge is -2.03. The Balaban J connectivity index is 2.45. The van der Waals surface area contributed by atoms with E-state index in [0.717, 1.165) is 12.2 Å². The molecule has 2 N–H and O–H groups in total. The van der Waals surface area contributed by atoms with Gasteiger partial charge in [0.2, 0.25) is 0 Å². The van der Waals surface area contributed by atoms with Crippen molar-refractivity contribution < 1.29 is 4.74 Å². The van der Waals surface area contributed by atoms with E-state index in [4.69, 9.17) is 33.7 Å². The van der Waals surface area contributed by atoms with Crippen LogP contribution in [0.15, 0.2) is 12.1 Å². The van der Waals surface area contributed by atoms with E-state index >= 15 is 0 Å². The van der Waals surface area contributed by atoms with Gasteiger partial charge in [-0.25, -0.2) is 0 Å². The highest BCUT2D eigenvalue weighted by Gasteiger charge is 2.25. The van der Waals surface area contributed by atoms with Gasteiger partial charge in [-0.15, -0.1) is 0 Å². The summed E-state index contributed by atoms with van der Waals surface area (Å²) < 4.78 is 5.09. The second kappa shape index (κ2) is 2.80. The Kier molecular flexibility index (Phi) is 1.91. The van der Waals surface area contributed by atoms with Crippen LogP contribution in [0.4, 0.5) is 5.69 Å². The van der Waals surface area contributed by atoms with Crippen LogP contribution in [0.5, 0.6) is 0 Å². The van der Waals surface area contributed by atoms with Crippen molar-refractivity contribution in [2.75, 3.05) is 12.3 Å². The van der Waals surface area contributed by atoms with Crippen molar-refractivity contribution in [2.24, 2.45) is 0 Å². The number of benzene rings is 1. The van der Waals surface area contributed by atoms with E-state index in [1.807, 2.05) is 0 Å². The Labute approximate surface area is 80.2 Å². The molecule has 2 nitrogen and oxygen atoms in total. The fraction of sp³-hybridized carbons (Fsp3) is 0.250. The summed E-state index contributed by atoms with van der Waals surface area (Å²) in [7, 11) is 0. The average molecular weight is 204 g/mol. The Morgan fingerprint density at radius 2 is 1.83 bits per heavy atom. The van der Waals surface area contributed by atoms with Crippen molar-refractivity contribution in [3.05, 3.63) is 27.7 Å². The predicted molar refractivity (Wildman–Crippen MR) is 49.6 cm³/mol. The first kappa shape index (κ1) is 8.17. The number of hydrogen-bond donors (Lipinski definition) is 1. The third-order valence-corrected chi connectivity index (χ3v) is 2.43. The molecule has 0 bridgehead atoms. The van der Waals surface area contributed by atoms with Gasteiger partial charge in [-0.3, -0.25) is 0 Å². The van der Waals surface area contributed by atoms with Crippen molar-refractivity contribution in [1.29, 1.82) is 0 Å². The maximum atomic E-state index is 5.83. The molecule has 0 aromatic heterocycles. The number of halogens is 2. The van der Waals surface area contributed by atoms with Crippen LogP contribution in [0.25, 0.3) is 0 Å². The molecule has 0 saturated carbocycles. The second-order valence-corrected chi connectivity index (χ2v) is 3.53. The van der Waals surface area contributed by atoms with Crippen LogP contribution in [0.3, 0.4) is 0 Å². The van der Waals surface area contributed by atoms with Crippen molar-refractivity contribution >= 4 is 28.9 Å².